The Labute approximate surface area is 125 Å². The van der Waals surface area contributed by atoms with Crippen molar-refractivity contribution < 1.29 is 9.72 Å². The lowest BCUT2D eigenvalue weighted by atomic mass is 10.0. The van der Waals surface area contributed by atoms with Gasteiger partial charge in [0.15, 0.2) is 0 Å². The van der Waals surface area contributed by atoms with E-state index in [1.165, 1.54) is 6.07 Å². The van der Waals surface area contributed by atoms with Crippen LogP contribution >= 0.6 is 0 Å². The van der Waals surface area contributed by atoms with Gasteiger partial charge in [0.05, 0.1) is 4.92 Å². The second-order valence-corrected chi connectivity index (χ2v) is 5.58. The Balaban J connectivity index is 3.17. The van der Waals surface area contributed by atoms with E-state index < -0.39 is 16.4 Å². The third kappa shape index (κ3) is 4.44. The summed E-state index contributed by atoms with van der Waals surface area (Å²) in [7, 11) is 0. The highest BCUT2D eigenvalue weighted by Gasteiger charge is 2.27. The van der Waals surface area contributed by atoms with Crippen LogP contribution in [0.4, 0.5) is 11.4 Å². The molecule has 0 unspecified atom stereocenters. The van der Waals surface area contributed by atoms with E-state index in [2.05, 4.69) is 10.6 Å². The van der Waals surface area contributed by atoms with Crippen molar-refractivity contribution in [1.29, 1.82) is 0 Å². The zero-order valence-electron chi connectivity index (χ0n) is 13.0. The minimum Gasteiger partial charge on any atom is -0.379 e. The van der Waals surface area contributed by atoms with Crippen LogP contribution in [0.25, 0.3) is 0 Å². The zero-order chi connectivity index (χ0) is 16.0. The molecule has 0 fully saturated rings. The number of rotatable bonds is 7. The van der Waals surface area contributed by atoms with Gasteiger partial charge >= 0.3 is 5.69 Å². The third-order valence-electron chi connectivity index (χ3n) is 3.36. The zero-order valence-corrected chi connectivity index (χ0v) is 13.0. The molecule has 0 aliphatic carbocycles. The van der Waals surface area contributed by atoms with Gasteiger partial charge in [-0.05, 0) is 38.8 Å². The largest absolute Gasteiger partial charge is 0.379 e. The maximum absolute atomic E-state index is 12.3. The van der Waals surface area contributed by atoms with E-state index in [9.17, 15) is 14.9 Å². The van der Waals surface area contributed by atoms with Gasteiger partial charge in [0, 0.05) is 12.1 Å². The summed E-state index contributed by atoms with van der Waals surface area (Å²) in [6, 6.07) is 4.75. The SMILES string of the molecule is CCCNc1cccc(C(=O)NC(C)(C)CC)c1[N+](=O)[O-]. The molecule has 0 atom stereocenters. The first-order chi connectivity index (χ1) is 9.82. The number of carbonyl (C=O) groups excluding carboxylic acids is 1. The fraction of sp³-hybridized carbons (Fsp3) is 0.533. The lowest BCUT2D eigenvalue weighted by Gasteiger charge is -2.24. The van der Waals surface area contributed by atoms with Gasteiger partial charge in [-0.2, -0.15) is 0 Å². The van der Waals surface area contributed by atoms with Crippen molar-refractivity contribution in [3.05, 3.63) is 33.9 Å². The van der Waals surface area contributed by atoms with Crippen LogP contribution in [0.2, 0.25) is 0 Å². The van der Waals surface area contributed by atoms with Gasteiger partial charge < -0.3 is 10.6 Å². The number of carbonyl (C=O) groups is 1. The van der Waals surface area contributed by atoms with Gasteiger partial charge in [-0.15, -0.1) is 0 Å². The molecule has 1 amide bonds. The Morgan fingerprint density at radius 1 is 1.33 bits per heavy atom. The lowest BCUT2D eigenvalue weighted by molar-refractivity contribution is -0.384. The summed E-state index contributed by atoms with van der Waals surface area (Å²) >= 11 is 0. The molecular weight excluding hydrogens is 270 g/mol. The first kappa shape index (κ1) is 16.9. The number of hydrogen-bond donors (Lipinski definition) is 2. The molecule has 0 radical (unpaired) electrons. The Bertz CT molecular complexity index is 527. The number of benzene rings is 1. The second kappa shape index (κ2) is 7.06. The highest BCUT2D eigenvalue weighted by Crippen LogP contribution is 2.29. The van der Waals surface area contributed by atoms with Gasteiger partial charge in [-0.25, -0.2) is 0 Å². The summed E-state index contributed by atoms with van der Waals surface area (Å²) in [6.45, 7) is 8.31. The minimum atomic E-state index is -0.508. The van der Waals surface area contributed by atoms with Gasteiger partial charge in [-0.3, -0.25) is 14.9 Å². The fourth-order valence-corrected chi connectivity index (χ4v) is 1.79. The molecule has 1 aromatic carbocycles. The molecule has 0 aliphatic heterocycles. The van der Waals surface area contributed by atoms with Crippen molar-refractivity contribution in [1.82, 2.24) is 5.32 Å². The van der Waals surface area contributed by atoms with Crippen LogP contribution in [0.15, 0.2) is 18.2 Å². The normalized spacial score (nSPS) is 11.0. The molecule has 116 valence electrons. The topological polar surface area (TPSA) is 84.3 Å². The standard InChI is InChI=1S/C15H23N3O3/c1-5-10-16-12-9-7-8-11(13(12)18(20)21)14(19)17-15(3,4)6-2/h7-9,16H,5-6,10H2,1-4H3,(H,17,19). The van der Waals surface area contributed by atoms with Crippen LogP contribution in [0.5, 0.6) is 0 Å². The van der Waals surface area contributed by atoms with Crippen molar-refractivity contribution in [3.8, 4) is 0 Å². The highest BCUT2D eigenvalue weighted by atomic mass is 16.6. The van der Waals surface area contributed by atoms with Crippen LogP contribution in [0.1, 0.15) is 50.9 Å². The van der Waals surface area contributed by atoms with Gasteiger partial charge in [0.2, 0.25) is 0 Å². The Kier molecular flexibility index (Phi) is 5.69. The summed E-state index contributed by atoms with van der Waals surface area (Å²) in [4.78, 5) is 23.1. The number of nitrogens with one attached hydrogen (secondary N) is 2. The molecule has 0 heterocycles. The quantitative estimate of drug-likeness (QED) is 0.596. The average molecular weight is 293 g/mol. The summed E-state index contributed by atoms with van der Waals surface area (Å²) in [5.74, 6) is -0.423. The summed E-state index contributed by atoms with van der Waals surface area (Å²) in [5, 5.41) is 17.2. The summed E-state index contributed by atoms with van der Waals surface area (Å²) < 4.78 is 0. The van der Waals surface area contributed by atoms with Gasteiger partial charge in [0.1, 0.15) is 11.3 Å². The van der Waals surface area contributed by atoms with Gasteiger partial charge in [0.25, 0.3) is 5.91 Å². The van der Waals surface area contributed by atoms with Crippen LogP contribution in [-0.2, 0) is 0 Å². The van der Waals surface area contributed by atoms with Crippen LogP contribution < -0.4 is 10.6 Å². The predicted molar refractivity (Wildman–Crippen MR) is 83.7 cm³/mol. The monoisotopic (exact) mass is 293 g/mol. The predicted octanol–water partition coefficient (Wildman–Crippen LogP) is 3.34. The molecule has 6 heteroatoms. The fourth-order valence-electron chi connectivity index (χ4n) is 1.79. The maximum atomic E-state index is 12.3. The average Bonchev–Trinajstić information content (AvgIpc) is 2.43. The molecular formula is C15H23N3O3. The van der Waals surface area contributed by atoms with E-state index >= 15 is 0 Å². The van der Waals surface area contributed by atoms with E-state index in [0.29, 0.717) is 12.2 Å². The van der Waals surface area contributed by atoms with Crippen molar-refractivity contribution in [3.63, 3.8) is 0 Å². The van der Waals surface area contributed by atoms with Gasteiger partial charge in [-0.1, -0.05) is 19.9 Å². The van der Waals surface area contributed by atoms with E-state index in [4.69, 9.17) is 0 Å². The number of nitro benzene ring substituents is 1. The van der Waals surface area contributed by atoms with Crippen LogP contribution in [0.3, 0.4) is 0 Å². The first-order valence-electron chi connectivity index (χ1n) is 7.16. The molecule has 0 saturated carbocycles. The lowest BCUT2D eigenvalue weighted by Crippen LogP contribution is -2.43. The molecule has 0 bridgehead atoms. The molecule has 2 N–H and O–H groups in total. The molecule has 0 saturated heterocycles. The molecule has 0 aliphatic rings. The molecule has 6 nitrogen and oxygen atoms in total. The molecule has 0 aromatic heterocycles. The molecule has 0 spiro atoms. The Morgan fingerprint density at radius 3 is 2.52 bits per heavy atom. The van der Waals surface area contributed by atoms with Crippen molar-refractivity contribution in [2.45, 2.75) is 46.1 Å². The molecule has 1 rings (SSSR count). The maximum Gasteiger partial charge on any atom is 0.305 e. The van der Waals surface area contributed by atoms with E-state index in [-0.39, 0.29) is 11.3 Å². The second-order valence-electron chi connectivity index (χ2n) is 5.58. The number of amides is 1. The van der Waals surface area contributed by atoms with Crippen LogP contribution in [0, 0.1) is 10.1 Å². The van der Waals surface area contributed by atoms with Crippen molar-refractivity contribution >= 4 is 17.3 Å². The summed E-state index contributed by atoms with van der Waals surface area (Å²) in [5.41, 5.74) is -0.112. The van der Waals surface area contributed by atoms with Crippen LogP contribution in [-0.4, -0.2) is 22.9 Å². The molecule has 21 heavy (non-hydrogen) atoms. The third-order valence-corrected chi connectivity index (χ3v) is 3.36. The number of nitro groups is 1. The van der Waals surface area contributed by atoms with Crippen molar-refractivity contribution in [2.24, 2.45) is 0 Å². The number of nitrogens with zero attached hydrogens (tertiary/aromatic N) is 1. The Morgan fingerprint density at radius 2 is 2.00 bits per heavy atom. The van der Waals surface area contributed by atoms with E-state index in [0.717, 1.165) is 12.8 Å². The highest BCUT2D eigenvalue weighted by molar-refractivity contribution is 6.00. The number of para-hydroxylation sites is 1. The smallest absolute Gasteiger partial charge is 0.305 e. The minimum absolute atomic E-state index is 0.0858. The first-order valence-corrected chi connectivity index (χ1v) is 7.16. The van der Waals surface area contributed by atoms with Crippen molar-refractivity contribution in [2.75, 3.05) is 11.9 Å². The molecule has 1 aromatic rings. The Hall–Kier alpha value is -2.11. The number of hydrogen-bond acceptors (Lipinski definition) is 4. The van der Waals surface area contributed by atoms with E-state index in [1.54, 1.807) is 12.1 Å². The van der Waals surface area contributed by atoms with E-state index in [1.807, 2.05) is 27.7 Å². The summed E-state index contributed by atoms with van der Waals surface area (Å²) in [6.07, 6.45) is 1.58. The number of anilines is 1.